The average Bonchev–Trinajstić information content (AvgIpc) is 3.63. The van der Waals surface area contributed by atoms with Crippen molar-refractivity contribution < 1.29 is 66.4 Å². The van der Waals surface area contributed by atoms with Gasteiger partial charge in [0.05, 0.1) is 159 Å². The van der Waals surface area contributed by atoms with E-state index in [9.17, 15) is 9.59 Å². The molecule has 62 heavy (non-hydrogen) atoms. The smallest absolute Gasteiger partial charge is 0.253 e. The zero-order valence-electron chi connectivity index (χ0n) is 35.9. The van der Waals surface area contributed by atoms with E-state index in [0.29, 0.717) is 145 Å². The summed E-state index contributed by atoms with van der Waals surface area (Å²) in [5, 5.41) is 0. The summed E-state index contributed by atoms with van der Waals surface area (Å²) in [6.45, 7) is 10.6. The first-order valence-corrected chi connectivity index (χ1v) is 21.4. The Hall–Kier alpha value is -3.94. The van der Waals surface area contributed by atoms with E-state index in [1.54, 1.807) is 0 Å². The molecule has 1 aliphatic rings. The molecule has 15 heteroatoms. The van der Waals surface area contributed by atoms with Crippen molar-refractivity contribution in [1.29, 1.82) is 0 Å². The molecule has 0 saturated carbocycles. The fraction of sp³-hybridized carbons (Fsp3) is 0.532. The Morgan fingerprint density at radius 1 is 0.306 bits per heavy atom. The fourth-order valence-electron chi connectivity index (χ4n) is 6.13. The number of imide groups is 1. The standard InChI is InChI=1S/C47H65NO14/c49-45-16-17-46(50)48(45)18-19-51-20-21-52-22-23-53-24-25-54-26-27-55-28-29-56-30-31-57-32-33-58-34-35-59-36-37-60-38-39-61-40-41-62-47(42-10-4-1-5-11-42,43-12-6-2-7-13-43)44-14-8-3-9-15-44/h1-17H,18-41H2. The Morgan fingerprint density at radius 3 is 0.790 bits per heavy atom. The lowest BCUT2D eigenvalue weighted by Gasteiger charge is -2.36. The van der Waals surface area contributed by atoms with Crippen LogP contribution < -0.4 is 0 Å². The molecule has 0 fully saturated rings. The highest BCUT2D eigenvalue weighted by atomic mass is 16.6. The minimum atomic E-state index is -0.760. The average molecular weight is 868 g/mol. The molecule has 0 bridgehead atoms. The quantitative estimate of drug-likeness (QED) is 0.0459. The first-order chi connectivity index (χ1) is 30.7. The van der Waals surface area contributed by atoms with Gasteiger partial charge in [0.2, 0.25) is 0 Å². The third-order valence-corrected chi connectivity index (χ3v) is 9.17. The first kappa shape index (κ1) is 50.7. The van der Waals surface area contributed by atoms with Gasteiger partial charge >= 0.3 is 0 Å². The topological polar surface area (TPSA) is 148 Å². The van der Waals surface area contributed by atoms with Crippen molar-refractivity contribution in [2.24, 2.45) is 0 Å². The van der Waals surface area contributed by atoms with E-state index >= 15 is 0 Å². The number of carbonyl (C=O) groups excluding carboxylic acids is 2. The highest BCUT2D eigenvalue weighted by molar-refractivity contribution is 6.12. The van der Waals surface area contributed by atoms with Crippen LogP contribution in [-0.2, 0) is 72.0 Å². The molecule has 15 nitrogen and oxygen atoms in total. The molecule has 342 valence electrons. The van der Waals surface area contributed by atoms with Gasteiger partial charge in [-0.25, -0.2) is 0 Å². The van der Waals surface area contributed by atoms with Gasteiger partial charge in [-0.2, -0.15) is 0 Å². The Balaban J connectivity index is 0.830. The molecule has 1 heterocycles. The van der Waals surface area contributed by atoms with Crippen molar-refractivity contribution in [2.45, 2.75) is 5.60 Å². The molecule has 0 N–H and O–H groups in total. The van der Waals surface area contributed by atoms with Gasteiger partial charge in [-0.1, -0.05) is 91.0 Å². The van der Waals surface area contributed by atoms with Gasteiger partial charge in [0, 0.05) is 12.2 Å². The van der Waals surface area contributed by atoms with Gasteiger partial charge in [0.15, 0.2) is 0 Å². The number of rotatable bonds is 40. The molecule has 0 aliphatic carbocycles. The summed E-state index contributed by atoms with van der Waals surface area (Å²) in [6, 6.07) is 30.9. The van der Waals surface area contributed by atoms with Crippen LogP contribution >= 0.6 is 0 Å². The molecule has 3 aromatic carbocycles. The van der Waals surface area contributed by atoms with E-state index in [0.717, 1.165) is 21.6 Å². The SMILES string of the molecule is O=C1C=CC(=O)N1CCOCCOCCOCCOCCOCCOCCOCCOCCOCCOCCOCCOC(c1ccccc1)(c1ccccc1)c1ccccc1. The second-order valence-corrected chi connectivity index (χ2v) is 13.5. The Bertz CT molecular complexity index is 1470. The molecule has 0 unspecified atom stereocenters. The predicted molar refractivity (Wildman–Crippen MR) is 230 cm³/mol. The van der Waals surface area contributed by atoms with Crippen molar-refractivity contribution in [2.75, 3.05) is 159 Å². The van der Waals surface area contributed by atoms with E-state index in [4.69, 9.17) is 56.8 Å². The Labute approximate surface area is 366 Å². The molecule has 0 radical (unpaired) electrons. The van der Waals surface area contributed by atoms with Crippen LogP contribution in [0.5, 0.6) is 0 Å². The molecule has 3 aromatic rings. The predicted octanol–water partition coefficient (Wildman–Crippen LogP) is 4.10. The summed E-state index contributed by atoms with van der Waals surface area (Å²) in [5.74, 6) is -0.618. The highest BCUT2D eigenvalue weighted by Crippen LogP contribution is 2.40. The van der Waals surface area contributed by atoms with Crippen LogP contribution in [-0.4, -0.2) is 175 Å². The summed E-state index contributed by atoms with van der Waals surface area (Å²) < 4.78 is 67.7. The van der Waals surface area contributed by atoms with Gasteiger partial charge in [0.1, 0.15) is 5.60 Å². The van der Waals surface area contributed by atoms with E-state index < -0.39 is 5.60 Å². The molecule has 0 aromatic heterocycles. The van der Waals surface area contributed by atoms with Crippen molar-refractivity contribution in [3.63, 3.8) is 0 Å². The highest BCUT2D eigenvalue weighted by Gasteiger charge is 2.37. The van der Waals surface area contributed by atoms with Crippen LogP contribution in [0.25, 0.3) is 0 Å². The molecule has 0 spiro atoms. The van der Waals surface area contributed by atoms with Crippen molar-refractivity contribution in [3.8, 4) is 0 Å². The maximum absolute atomic E-state index is 11.4. The number of nitrogens with zero attached hydrogens (tertiary/aromatic N) is 1. The number of hydrogen-bond acceptors (Lipinski definition) is 14. The molecule has 4 rings (SSSR count). The van der Waals surface area contributed by atoms with Crippen molar-refractivity contribution in [1.82, 2.24) is 4.90 Å². The fourth-order valence-corrected chi connectivity index (χ4v) is 6.13. The number of amides is 2. The van der Waals surface area contributed by atoms with E-state index in [1.165, 1.54) is 12.2 Å². The zero-order chi connectivity index (χ0) is 43.4. The minimum absolute atomic E-state index is 0.235. The van der Waals surface area contributed by atoms with Gasteiger partial charge in [-0.05, 0) is 16.7 Å². The third kappa shape index (κ3) is 20.5. The largest absolute Gasteiger partial charge is 0.377 e. The van der Waals surface area contributed by atoms with Crippen LogP contribution in [0.15, 0.2) is 103 Å². The van der Waals surface area contributed by atoms with Gasteiger partial charge in [-0.3, -0.25) is 14.5 Å². The van der Waals surface area contributed by atoms with Crippen LogP contribution in [0.3, 0.4) is 0 Å². The third-order valence-electron chi connectivity index (χ3n) is 9.17. The van der Waals surface area contributed by atoms with Crippen LogP contribution in [0.1, 0.15) is 16.7 Å². The maximum atomic E-state index is 11.4. The molecule has 0 atom stereocenters. The zero-order valence-corrected chi connectivity index (χ0v) is 35.9. The lowest BCUT2D eigenvalue weighted by atomic mass is 9.80. The number of benzene rings is 3. The normalized spacial score (nSPS) is 12.9. The molecule has 1 aliphatic heterocycles. The molecule has 2 amide bonds. The summed E-state index contributed by atoms with van der Waals surface area (Å²) in [5.41, 5.74) is 2.42. The van der Waals surface area contributed by atoms with Gasteiger partial charge < -0.3 is 56.8 Å². The van der Waals surface area contributed by atoms with Crippen LogP contribution in [0.4, 0.5) is 0 Å². The molecule has 0 saturated heterocycles. The lowest BCUT2D eigenvalue weighted by molar-refractivity contribution is -0.137. The lowest BCUT2D eigenvalue weighted by Crippen LogP contribution is -2.34. The van der Waals surface area contributed by atoms with Crippen molar-refractivity contribution in [3.05, 3.63) is 120 Å². The summed E-state index contributed by atoms with van der Waals surface area (Å²) in [7, 11) is 0. The molecular formula is C47H65NO14. The van der Waals surface area contributed by atoms with E-state index in [1.807, 2.05) is 54.6 Å². The van der Waals surface area contributed by atoms with Crippen LogP contribution in [0.2, 0.25) is 0 Å². The number of hydrogen-bond donors (Lipinski definition) is 0. The van der Waals surface area contributed by atoms with Gasteiger partial charge in [0.25, 0.3) is 11.8 Å². The Morgan fingerprint density at radius 2 is 0.532 bits per heavy atom. The Kier molecular flexibility index (Phi) is 27.5. The first-order valence-electron chi connectivity index (χ1n) is 21.4. The summed E-state index contributed by atoms with van der Waals surface area (Å²) in [6.07, 6.45) is 2.51. The maximum Gasteiger partial charge on any atom is 0.253 e. The second kappa shape index (κ2) is 33.6. The van der Waals surface area contributed by atoms with E-state index in [2.05, 4.69) is 36.4 Å². The minimum Gasteiger partial charge on any atom is -0.377 e. The number of ether oxygens (including phenoxy) is 12. The number of carbonyl (C=O) groups is 2. The second-order valence-electron chi connectivity index (χ2n) is 13.5. The van der Waals surface area contributed by atoms with E-state index in [-0.39, 0.29) is 25.0 Å². The molecular weight excluding hydrogens is 803 g/mol. The van der Waals surface area contributed by atoms with Crippen LogP contribution in [0, 0.1) is 0 Å². The monoisotopic (exact) mass is 867 g/mol. The van der Waals surface area contributed by atoms with Crippen molar-refractivity contribution >= 4 is 11.8 Å². The van der Waals surface area contributed by atoms with Gasteiger partial charge in [-0.15, -0.1) is 0 Å². The summed E-state index contributed by atoms with van der Waals surface area (Å²) in [4.78, 5) is 24.0. The summed E-state index contributed by atoms with van der Waals surface area (Å²) >= 11 is 0.